The van der Waals surface area contributed by atoms with Gasteiger partial charge >= 0.3 is 0 Å². The van der Waals surface area contributed by atoms with Crippen LogP contribution in [0.3, 0.4) is 0 Å². The third kappa shape index (κ3) is 18.4. The molecule has 4 atom stereocenters. The van der Waals surface area contributed by atoms with Crippen LogP contribution in [0.2, 0.25) is 51.4 Å². The van der Waals surface area contributed by atoms with Crippen LogP contribution < -0.4 is 32.8 Å². The van der Waals surface area contributed by atoms with Gasteiger partial charge in [0.15, 0.2) is 5.67 Å². The molecule has 0 bridgehead atoms. The minimum atomic E-state index is -1.93. The molecular formula is C78H102ClFN10O7Si2. The molecule has 0 saturated heterocycles. The average Bonchev–Trinajstić information content (AvgIpc) is 1.53. The van der Waals surface area contributed by atoms with Crippen molar-refractivity contribution in [1.29, 1.82) is 0 Å². The maximum absolute atomic E-state index is 15.1. The summed E-state index contributed by atoms with van der Waals surface area (Å²) in [7, 11) is -2.33. The molecule has 21 heteroatoms. The Balaban J connectivity index is 0.000000231. The first-order valence-corrected chi connectivity index (χ1v) is 42.4. The Labute approximate surface area is 591 Å². The van der Waals surface area contributed by atoms with Gasteiger partial charge in [-0.25, -0.2) is 13.8 Å². The fourth-order valence-electron chi connectivity index (χ4n) is 13.5. The van der Waals surface area contributed by atoms with Gasteiger partial charge in [-0.1, -0.05) is 99.9 Å². The summed E-state index contributed by atoms with van der Waals surface area (Å²) in [6, 6.07) is 35.6. The number of rotatable bonds is 24. The first-order valence-electron chi connectivity index (χ1n) is 35.0. The summed E-state index contributed by atoms with van der Waals surface area (Å²) >= 11 is 0. The summed E-state index contributed by atoms with van der Waals surface area (Å²) in [6.07, 6.45) is 9.22. The maximum Gasteiger partial charge on any atom is 0.258 e. The highest BCUT2D eigenvalue weighted by molar-refractivity contribution is 6.76. The number of aromatic nitrogens is 6. The average molecular weight is 1400 g/mol. The molecule has 528 valence electrons. The lowest BCUT2D eigenvalue weighted by molar-refractivity contribution is -0.131. The van der Waals surface area contributed by atoms with Crippen LogP contribution >= 0.6 is 12.4 Å². The van der Waals surface area contributed by atoms with Crippen molar-refractivity contribution in [3.8, 4) is 44.5 Å². The number of nitrogens with one attached hydrogen (secondary N) is 3. The van der Waals surface area contributed by atoms with Gasteiger partial charge in [0.1, 0.15) is 19.5 Å². The summed E-state index contributed by atoms with van der Waals surface area (Å²) in [4.78, 5) is 65.6. The number of pyridine rings is 2. The van der Waals surface area contributed by atoms with E-state index >= 15 is 4.39 Å². The molecule has 0 unspecified atom stereocenters. The van der Waals surface area contributed by atoms with Gasteiger partial charge in [0.2, 0.25) is 11.8 Å². The van der Waals surface area contributed by atoms with E-state index in [1.807, 2.05) is 137 Å². The van der Waals surface area contributed by atoms with Crippen LogP contribution in [0.25, 0.3) is 44.5 Å². The monoisotopic (exact) mass is 1400 g/mol. The van der Waals surface area contributed by atoms with E-state index in [1.54, 1.807) is 21.3 Å². The predicted octanol–water partition coefficient (Wildman–Crippen LogP) is 15.6. The Bertz CT molecular complexity index is 4310. The van der Waals surface area contributed by atoms with Crippen LogP contribution in [0.5, 0.6) is 0 Å². The van der Waals surface area contributed by atoms with E-state index in [2.05, 4.69) is 92.5 Å². The van der Waals surface area contributed by atoms with E-state index in [0.29, 0.717) is 37.9 Å². The second-order valence-electron chi connectivity index (χ2n) is 30.2. The predicted molar refractivity (Wildman–Crippen MR) is 404 cm³/mol. The van der Waals surface area contributed by atoms with Crippen LogP contribution in [0, 0.1) is 27.7 Å². The van der Waals surface area contributed by atoms with E-state index < -0.39 is 45.7 Å². The van der Waals surface area contributed by atoms with Crippen LogP contribution in [0.4, 0.5) is 15.8 Å². The lowest BCUT2D eigenvalue weighted by Gasteiger charge is -2.33. The molecule has 4 aromatic heterocycles. The molecule has 17 nitrogen and oxygen atoms in total. The van der Waals surface area contributed by atoms with Gasteiger partial charge in [0, 0.05) is 112 Å². The zero-order valence-electron chi connectivity index (χ0n) is 60.3. The van der Waals surface area contributed by atoms with Gasteiger partial charge in [-0.2, -0.15) is 10.2 Å². The number of nitrogens with zero attached hydrogens (tertiary/aromatic N) is 6. The zero-order chi connectivity index (χ0) is 70.5. The molecule has 0 radical (unpaired) electrons. The van der Waals surface area contributed by atoms with Crippen molar-refractivity contribution < 1.29 is 28.2 Å². The number of aryl methyl sites for hydroxylation is 4. The normalized spacial score (nSPS) is 16.2. The Morgan fingerprint density at radius 2 is 0.970 bits per heavy atom. The van der Waals surface area contributed by atoms with Crippen LogP contribution in [-0.4, -0.2) is 93.5 Å². The Kier molecular flexibility index (Phi) is 24.2. The number of hydrogen-bond acceptors (Lipinski definition) is 10. The van der Waals surface area contributed by atoms with E-state index in [1.165, 1.54) is 5.56 Å². The maximum atomic E-state index is 15.1. The lowest BCUT2D eigenvalue weighted by atomic mass is 9.77. The van der Waals surface area contributed by atoms with Gasteiger partial charge in [-0.05, 0) is 211 Å². The van der Waals surface area contributed by atoms with Crippen molar-refractivity contribution in [3.63, 3.8) is 0 Å². The second kappa shape index (κ2) is 31.8. The molecule has 3 amide bonds. The topological polar surface area (TPSA) is 211 Å². The smallest absolute Gasteiger partial charge is 0.258 e. The highest BCUT2D eigenvalue weighted by Gasteiger charge is 2.52. The summed E-state index contributed by atoms with van der Waals surface area (Å²) in [5.74, 6) is -1.78. The van der Waals surface area contributed by atoms with Crippen molar-refractivity contribution in [2.24, 2.45) is 5.73 Å². The van der Waals surface area contributed by atoms with Crippen molar-refractivity contribution in [1.82, 2.24) is 34.0 Å². The first kappa shape index (κ1) is 75.3. The standard InChI is InChI=1S/C41H52FN5O4Si.C37H49N5O3Si.ClH/c1-26(2)46-24-32(15-18-36(46)48)31-12-11-29-9-8-10-34(35(29)23-31)38(44-40(50)41(42)19-20-41)39(49)43-33-16-13-30(14-17-33)37-27(3)45-47(28(37)4)25-51-21-22-52(5,6)7;1-24(2)41-22-30(15-18-34(41)43)29-12-11-27-9-8-10-32(33(27)21-29)36(38)37(44)39-31-16-13-28(14-17-31)35-25(3)40-42(26(35)4)23-45-19-20-46(5,6)7;/h11-18,23-24,26,34,38H,8-10,19-22,25H2,1-7H3,(H,43,49)(H,44,50);11-18,21-22,24,32,36H,8-10,19-20,23,38H2,1-7H3,(H,39,44);1H/t34-,38+;32-,36+;/m11./s1. The number of nitrogens with two attached hydrogens (primary N) is 1. The fourth-order valence-corrected chi connectivity index (χ4v) is 15.0. The third-order valence-corrected chi connectivity index (χ3v) is 22.9. The van der Waals surface area contributed by atoms with Gasteiger partial charge in [-0.15, -0.1) is 12.4 Å². The van der Waals surface area contributed by atoms with E-state index in [9.17, 15) is 24.0 Å². The molecule has 0 aliphatic heterocycles. The SMILES string of the molecule is Cc1nn(COCC[Si](C)(C)C)c(C)c1-c1ccc(NC(=O)[C@@H](N)[C@@H]2CCCc3ccc(-c4ccc(=O)n(C(C)C)c4)cc32)cc1.Cc1nn(COCC[Si](C)(C)C)c(C)c1-c1ccc(NC(=O)[C@@H](NC(=O)C2(F)CC2)[C@@H]2CCCc3ccc(-c4ccc(=O)n(C(C)C)c4)cc32)cc1.Cl. The molecule has 1 saturated carbocycles. The molecule has 4 aromatic carbocycles. The number of hydrogen-bond donors (Lipinski definition) is 4. The third-order valence-electron chi connectivity index (χ3n) is 19.5. The number of alkyl halides is 1. The quantitative estimate of drug-likeness (QED) is 0.0332. The Morgan fingerprint density at radius 3 is 1.38 bits per heavy atom. The molecule has 1 fully saturated rings. The number of fused-ring (bicyclic) bond motifs is 2. The Hall–Kier alpha value is -7.86. The van der Waals surface area contributed by atoms with Crippen LogP contribution in [-0.2, 0) is 50.2 Å². The number of amides is 3. The number of ether oxygens (including phenoxy) is 2. The van der Waals surface area contributed by atoms with Crippen molar-refractivity contribution in [2.75, 3.05) is 23.8 Å². The lowest BCUT2D eigenvalue weighted by Crippen LogP contribution is -2.51. The van der Waals surface area contributed by atoms with E-state index in [4.69, 9.17) is 25.4 Å². The van der Waals surface area contributed by atoms with Gasteiger partial charge < -0.3 is 40.3 Å². The van der Waals surface area contributed by atoms with Crippen molar-refractivity contribution in [2.45, 2.75) is 213 Å². The summed E-state index contributed by atoms with van der Waals surface area (Å²) < 4.78 is 34.2. The minimum Gasteiger partial charge on any atom is -0.360 e. The molecule has 8 aromatic rings. The van der Waals surface area contributed by atoms with Crippen LogP contribution in [0.15, 0.2) is 131 Å². The Morgan fingerprint density at radius 1 is 0.576 bits per heavy atom. The summed E-state index contributed by atoms with van der Waals surface area (Å²) in [6.45, 7) is 32.4. The molecular weight excluding hydrogens is 1300 g/mol. The highest BCUT2D eigenvalue weighted by atomic mass is 35.5. The van der Waals surface area contributed by atoms with Gasteiger partial charge in [0.05, 0.1) is 17.4 Å². The molecule has 0 spiro atoms. The van der Waals surface area contributed by atoms with Crippen LogP contribution in [0.1, 0.15) is 135 Å². The molecule has 3 aliphatic carbocycles. The highest BCUT2D eigenvalue weighted by Crippen LogP contribution is 2.43. The molecule has 4 heterocycles. The fraction of sp³-hybridized carbons (Fsp3) is 0.449. The van der Waals surface area contributed by atoms with Gasteiger partial charge in [-0.3, -0.25) is 24.0 Å². The minimum absolute atomic E-state index is 0. The number of benzene rings is 4. The number of carbonyl (C=O) groups is 3. The van der Waals surface area contributed by atoms with Crippen molar-refractivity contribution in [3.05, 3.63) is 187 Å². The number of anilines is 2. The number of halogens is 2. The van der Waals surface area contributed by atoms with E-state index in [0.717, 1.165) is 135 Å². The largest absolute Gasteiger partial charge is 0.360 e. The van der Waals surface area contributed by atoms with Gasteiger partial charge in [0.25, 0.3) is 17.0 Å². The second-order valence-corrected chi connectivity index (χ2v) is 41.4. The molecule has 11 rings (SSSR count). The zero-order valence-corrected chi connectivity index (χ0v) is 63.1. The first-order chi connectivity index (χ1) is 46.4. The van der Waals surface area contributed by atoms with E-state index in [-0.39, 0.29) is 66.2 Å². The number of carbonyl (C=O) groups excluding carboxylic acids is 3. The van der Waals surface area contributed by atoms with Crippen molar-refractivity contribution >= 4 is 57.7 Å². The molecule has 99 heavy (non-hydrogen) atoms. The molecule has 5 N–H and O–H groups in total. The summed E-state index contributed by atoms with van der Waals surface area (Å²) in [5, 5.41) is 18.4. The molecule has 3 aliphatic rings. The summed E-state index contributed by atoms with van der Waals surface area (Å²) in [5.41, 5.74) is 22.2.